The Morgan fingerprint density at radius 1 is 0.905 bits per heavy atom. The van der Waals surface area contributed by atoms with Crippen molar-refractivity contribution in [2.75, 3.05) is 20.3 Å². The maximum Gasteiger partial charge on any atom is 0.408 e. The van der Waals surface area contributed by atoms with Gasteiger partial charge in [0.1, 0.15) is 23.6 Å². The fourth-order valence-electron chi connectivity index (χ4n) is 5.30. The Hall–Kier alpha value is -3.17. The second-order valence-electron chi connectivity index (χ2n) is 12.7. The van der Waals surface area contributed by atoms with Crippen LogP contribution >= 0.6 is 0 Å². The van der Waals surface area contributed by atoms with Crippen molar-refractivity contribution in [3.05, 3.63) is 90.5 Å². The molecule has 8 heteroatoms. The van der Waals surface area contributed by atoms with E-state index in [0.717, 1.165) is 21.7 Å². The predicted octanol–water partition coefficient (Wildman–Crippen LogP) is 5.45. The molecule has 0 bridgehead atoms. The van der Waals surface area contributed by atoms with Gasteiger partial charge < -0.3 is 28.7 Å². The predicted molar refractivity (Wildman–Crippen MR) is 168 cm³/mol. The molecular weight excluding hydrogens is 546 g/mol. The summed E-state index contributed by atoms with van der Waals surface area (Å²) in [5.41, 5.74) is 0.341. The molecule has 1 aliphatic rings. The number of methoxy groups -OCH3 is 1. The summed E-state index contributed by atoms with van der Waals surface area (Å²) >= 11 is 0. The first-order chi connectivity index (χ1) is 19.9. The quantitative estimate of drug-likeness (QED) is 0.223. The van der Waals surface area contributed by atoms with Gasteiger partial charge in [0.25, 0.3) is 8.32 Å². The zero-order chi connectivity index (χ0) is 30.4. The third kappa shape index (κ3) is 8.01. The van der Waals surface area contributed by atoms with Crippen LogP contribution in [0.25, 0.3) is 0 Å². The van der Waals surface area contributed by atoms with E-state index in [9.17, 15) is 4.79 Å². The van der Waals surface area contributed by atoms with Crippen molar-refractivity contribution in [1.82, 2.24) is 5.32 Å². The Morgan fingerprint density at radius 2 is 1.45 bits per heavy atom. The number of alkyl carbamates (subject to hydrolysis) is 1. The molecule has 1 N–H and O–H groups in total. The van der Waals surface area contributed by atoms with Crippen molar-refractivity contribution in [1.29, 1.82) is 0 Å². The van der Waals surface area contributed by atoms with Gasteiger partial charge in [0.15, 0.2) is 0 Å². The lowest BCUT2D eigenvalue weighted by molar-refractivity contribution is -0.0187. The fraction of sp³-hybridized carbons (Fsp3) is 0.441. The molecule has 0 saturated carbocycles. The molecule has 42 heavy (non-hydrogen) atoms. The van der Waals surface area contributed by atoms with Gasteiger partial charge in [-0.05, 0) is 53.9 Å². The fourth-order valence-corrected chi connectivity index (χ4v) is 9.88. The van der Waals surface area contributed by atoms with E-state index in [1.807, 2.05) is 57.2 Å². The van der Waals surface area contributed by atoms with Crippen molar-refractivity contribution in [2.45, 2.75) is 77.0 Å². The van der Waals surface area contributed by atoms with Crippen molar-refractivity contribution in [2.24, 2.45) is 0 Å². The van der Waals surface area contributed by atoms with Crippen LogP contribution in [0.15, 0.2) is 84.9 Å². The maximum absolute atomic E-state index is 13.1. The molecule has 0 aromatic heterocycles. The van der Waals surface area contributed by atoms with E-state index < -0.39 is 32.2 Å². The molecule has 7 nitrogen and oxygen atoms in total. The van der Waals surface area contributed by atoms with Gasteiger partial charge in [-0.15, -0.1) is 0 Å². The highest BCUT2D eigenvalue weighted by atomic mass is 28.4. The summed E-state index contributed by atoms with van der Waals surface area (Å²) in [6.45, 7) is 13.4. The van der Waals surface area contributed by atoms with Crippen LogP contribution in [-0.4, -0.2) is 58.6 Å². The van der Waals surface area contributed by atoms with E-state index in [4.69, 9.17) is 23.4 Å². The minimum Gasteiger partial charge on any atom is -0.497 e. The summed E-state index contributed by atoms with van der Waals surface area (Å²) in [5.74, 6) is 0.781. The summed E-state index contributed by atoms with van der Waals surface area (Å²) in [5, 5.41) is 5.20. The van der Waals surface area contributed by atoms with Gasteiger partial charge in [-0.2, -0.15) is 0 Å². The lowest BCUT2D eigenvalue weighted by Gasteiger charge is -2.44. The zero-order valence-corrected chi connectivity index (χ0v) is 26.9. The minimum absolute atomic E-state index is 0.161. The van der Waals surface area contributed by atoms with Crippen molar-refractivity contribution in [3.8, 4) is 5.75 Å². The molecule has 1 aliphatic heterocycles. The Morgan fingerprint density at radius 3 is 1.90 bits per heavy atom. The third-order valence-corrected chi connectivity index (χ3v) is 12.3. The highest BCUT2D eigenvalue weighted by Gasteiger charge is 2.51. The average molecular weight is 592 g/mol. The van der Waals surface area contributed by atoms with Gasteiger partial charge in [-0.3, -0.25) is 0 Å². The Kier molecular flexibility index (Phi) is 10.1. The smallest absolute Gasteiger partial charge is 0.408 e. The van der Waals surface area contributed by atoms with Crippen LogP contribution in [0.5, 0.6) is 5.75 Å². The molecule has 1 amide bonds. The lowest BCUT2D eigenvalue weighted by atomic mass is 10.1. The summed E-state index contributed by atoms with van der Waals surface area (Å²) in [6, 6.07) is 28.1. The average Bonchev–Trinajstić information content (AvgIpc) is 3.78. The number of benzene rings is 3. The molecule has 0 radical (unpaired) electrons. The van der Waals surface area contributed by atoms with Crippen LogP contribution in [0.3, 0.4) is 0 Å². The number of amides is 1. The number of carbonyl (C=O) groups is 1. The molecule has 1 saturated heterocycles. The normalized spacial score (nSPS) is 16.8. The summed E-state index contributed by atoms with van der Waals surface area (Å²) in [4.78, 5) is 13.1. The second-order valence-corrected chi connectivity index (χ2v) is 17.0. The van der Waals surface area contributed by atoms with E-state index in [2.05, 4.69) is 74.6 Å². The van der Waals surface area contributed by atoms with E-state index in [-0.39, 0.29) is 17.7 Å². The summed E-state index contributed by atoms with van der Waals surface area (Å²) < 4.78 is 30.4. The van der Waals surface area contributed by atoms with E-state index >= 15 is 0 Å². The van der Waals surface area contributed by atoms with E-state index in [1.54, 1.807) is 7.11 Å². The number of carbonyl (C=O) groups excluding carboxylic acids is 1. The largest absolute Gasteiger partial charge is 0.497 e. The number of hydrogen-bond acceptors (Lipinski definition) is 6. The molecule has 0 spiro atoms. The molecule has 3 aromatic rings. The first-order valence-electron chi connectivity index (χ1n) is 14.5. The van der Waals surface area contributed by atoms with Gasteiger partial charge >= 0.3 is 6.09 Å². The number of hydrogen-bond donors (Lipinski definition) is 1. The Bertz CT molecular complexity index is 1230. The monoisotopic (exact) mass is 591 g/mol. The minimum atomic E-state index is -2.87. The summed E-state index contributed by atoms with van der Waals surface area (Å²) in [7, 11) is -1.23. The van der Waals surface area contributed by atoms with Gasteiger partial charge in [0.2, 0.25) is 0 Å². The van der Waals surface area contributed by atoms with Crippen LogP contribution in [0.4, 0.5) is 4.79 Å². The number of epoxide rings is 1. The van der Waals surface area contributed by atoms with Crippen molar-refractivity contribution >= 4 is 24.8 Å². The highest BCUT2D eigenvalue weighted by Crippen LogP contribution is 2.37. The van der Waals surface area contributed by atoms with E-state index in [0.29, 0.717) is 13.2 Å². The van der Waals surface area contributed by atoms with Crippen LogP contribution in [0, 0.1) is 0 Å². The Balaban J connectivity index is 1.67. The number of nitrogens with one attached hydrogen (secondary N) is 1. The summed E-state index contributed by atoms with van der Waals surface area (Å²) in [6.07, 6.45) is -1.12. The van der Waals surface area contributed by atoms with Crippen molar-refractivity contribution < 1.29 is 28.2 Å². The molecule has 226 valence electrons. The first kappa shape index (κ1) is 31.8. The molecule has 1 heterocycles. The van der Waals surface area contributed by atoms with Crippen LogP contribution in [0.1, 0.15) is 47.1 Å². The number of rotatable bonds is 12. The zero-order valence-electron chi connectivity index (χ0n) is 25.9. The van der Waals surface area contributed by atoms with Gasteiger partial charge in [-0.25, -0.2) is 4.79 Å². The standard InChI is InChI=1S/C34H45NO6Si/c1-33(2,3)41-32(36)35-29(31(30-24-38-30)39-22-25-18-20-26(37-7)21-19-25)23-40-42(34(4,5)6,27-14-10-8-11-15-27)28-16-12-9-13-17-28/h8-21,29-31H,22-24H2,1-7H3,(H,35,36)/t29-,30+,31-/m0/s1. The lowest BCUT2D eigenvalue weighted by Crippen LogP contribution is -2.68. The second kappa shape index (κ2) is 13.4. The molecule has 3 aromatic carbocycles. The SMILES string of the molecule is COc1ccc(CO[C@@H]([C@H](CO[Si](c2ccccc2)(c2ccccc2)C(C)(C)C)NC(=O)OC(C)(C)C)[C@H]2CO2)cc1. The molecule has 3 atom stereocenters. The van der Waals surface area contributed by atoms with Gasteiger partial charge in [0.05, 0.1) is 33.0 Å². The third-order valence-electron chi connectivity index (χ3n) is 7.32. The molecule has 0 aliphatic carbocycles. The topological polar surface area (TPSA) is 78.5 Å². The maximum atomic E-state index is 13.1. The number of ether oxygens (including phenoxy) is 4. The molecule has 0 unspecified atom stereocenters. The van der Waals surface area contributed by atoms with Gasteiger partial charge in [0, 0.05) is 0 Å². The molecular formula is C34H45NO6Si. The highest BCUT2D eigenvalue weighted by molar-refractivity contribution is 6.99. The van der Waals surface area contributed by atoms with Crippen molar-refractivity contribution in [3.63, 3.8) is 0 Å². The molecule has 4 rings (SSSR count). The van der Waals surface area contributed by atoms with Gasteiger partial charge in [-0.1, -0.05) is 93.6 Å². The Labute approximate surface area is 251 Å². The van der Waals surface area contributed by atoms with Crippen LogP contribution in [0.2, 0.25) is 5.04 Å². The van der Waals surface area contributed by atoms with Crippen LogP contribution in [-0.2, 0) is 25.2 Å². The first-order valence-corrected chi connectivity index (χ1v) is 16.4. The van der Waals surface area contributed by atoms with Crippen LogP contribution < -0.4 is 20.4 Å². The van der Waals surface area contributed by atoms with E-state index in [1.165, 1.54) is 0 Å². The molecule has 1 fully saturated rings.